The lowest BCUT2D eigenvalue weighted by atomic mass is 9.88. The first-order valence-corrected chi connectivity index (χ1v) is 8.81. The number of carbonyl (C=O) groups is 3. The Labute approximate surface area is 162 Å². The van der Waals surface area contributed by atoms with Crippen LogP contribution in [-0.4, -0.2) is 34.2 Å². The normalized spacial score (nSPS) is 18.8. The topological polar surface area (TPSA) is 129 Å². The zero-order valence-electron chi connectivity index (χ0n) is 15.0. The Morgan fingerprint density at radius 2 is 1.96 bits per heavy atom. The van der Waals surface area contributed by atoms with Crippen molar-refractivity contribution in [3.63, 3.8) is 0 Å². The molecule has 142 valence electrons. The molecule has 2 atom stereocenters. The minimum absolute atomic E-state index is 0.127. The second-order valence-corrected chi connectivity index (χ2v) is 6.56. The molecular formula is C20H19N5O3. The van der Waals surface area contributed by atoms with Gasteiger partial charge in [0.15, 0.2) is 0 Å². The minimum Gasteiger partial charge on any atom is -0.366 e. The first-order chi connectivity index (χ1) is 13.5. The van der Waals surface area contributed by atoms with Crippen LogP contribution in [-0.2, 0) is 9.59 Å². The summed E-state index contributed by atoms with van der Waals surface area (Å²) in [5, 5.41) is 11.7. The number of nitrogens with one attached hydrogen (secondary N) is 1. The molecule has 1 fully saturated rings. The quantitative estimate of drug-likeness (QED) is 0.785. The van der Waals surface area contributed by atoms with E-state index in [1.807, 2.05) is 30.3 Å². The number of anilines is 1. The molecule has 0 aliphatic carbocycles. The number of rotatable bonds is 3. The highest BCUT2D eigenvalue weighted by atomic mass is 16.2. The number of carbonyl (C=O) groups excluding carboxylic acids is 3. The third-order valence-corrected chi connectivity index (χ3v) is 4.71. The van der Waals surface area contributed by atoms with E-state index in [0.29, 0.717) is 19.4 Å². The number of nitrogens with zero attached hydrogens (tertiary/aromatic N) is 3. The number of aromatic nitrogens is 1. The maximum absolute atomic E-state index is 12.8. The van der Waals surface area contributed by atoms with Crippen LogP contribution in [0.4, 0.5) is 5.69 Å². The van der Waals surface area contributed by atoms with Crippen molar-refractivity contribution in [1.82, 2.24) is 9.88 Å². The molecule has 3 N–H and O–H groups in total. The number of pyridine rings is 1. The Hall–Kier alpha value is -3.73. The summed E-state index contributed by atoms with van der Waals surface area (Å²) in [4.78, 5) is 41.9. The Kier molecular flexibility index (Phi) is 5.65. The smallest absolute Gasteiger partial charge is 0.313 e. The van der Waals surface area contributed by atoms with Gasteiger partial charge in [0.1, 0.15) is 0 Å². The third-order valence-electron chi connectivity index (χ3n) is 4.71. The maximum atomic E-state index is 12.8. The van der Waals surface area contributed by atoms with Crippen LogP contribution < -0.4 is 11.1 Å². The number of benzene rings is 1. The molecular weight excluding hydrogens is 358 g/mol. The number of nitriles is 1. The zero-order valence-corrected chi connectivity index (χ0v) is 15.0. The van der Waals surface area contributed by atoms with Gasteiger partial charge in [0.05, 0.1) is 35.5 Å². The van der Waals surface area contributed by atoms with Gasteiger partial charge in [-0.1, -0.05) is 30.3 Å². The number of piperidine rings is 1. The average molecular weight is 377 g/mol. The predicted molar refractivity (Wildman–Crippen MR) is 101 cm³/mol. The third kappa shape index (κ3) is 4.15. The van der Waals surface area contributed by atoms with Gasteiger partial charge < -0.3 is 16.0 Å². The van der Waals surface area contributed by atoms with Crippen molar-refractivity contribution in [2.45, 2.75) is 18.9 Å². The summed E-state index contributed by atoms with van der Waals surface area (Å²) in [6.07, 6.45) is 3.59. The first kappa shape index (κ1) is 19.0. The van der Waals surface area contributed by atoms with Crippen molar-refractivity contribution >= 4 is 23.4 Å². The van der Waals surface area contributed by atoms with Crippen LogP contribution in [0.2, 0.25) is 0 Å². The van der Waals surface area contributed by atoms with Gasteiger partial charge in [-0.05, 0) is 24.5 Å². The fraction of sp³-hybridized carbons (Fsp3) is 0.250. The maximum Gasteiger partial charge on any atom is 0.313 e. The largest absolute Gasteiger partial charge is 0.366 e. The van der Waals surface area contributed by atoms with Gasteiger partial charge >= 0.3 is 11.8 Å². The summed E-state index contributed by atoms with van der Waals surface area (Å²) in [6, 6.07) is 12.6. The van der Waals surface area contributed by atoms with E-state index < -0.39 is 17.7 Å². The number of hydrogen-bond acceptors (Lipinski definition) is 5. The first-order valence-electron chi connectivity index (χ1n) is 8.81. The van der Waals surface area contributed by atoms with Gasteiger partial charge in [-0.25, -0.2) is 0 Å². The van der Waals surface area contributed by atoms with E-state index >= 15 is 0 Å². The SMILES string of the molecule is N#C[C@H]1CCN(C(=O)C(=O)Nc2cncc(C(N)=O)c2)[C@@H](c2ccccc2)C1. The molecule has 0 spiro atoms. The summed E-state index contributed by atoms with van der Waals surface area (Å²) < 4.78 is 0. The van der Waals surface area contributed by atoms with Gasteiger partial charge in [0.25, 0.3) is 0 Å². The Morgan fingerprint density at radius 1 is 1.21 bits per heavy atom. The predicted octanol–water partition coefficient (Wildman–Crippen LogP) is 1.62. The molecule has 28 heavy (non-hydrogen) atoms. The van der Waals surface area contributed by atoms with Crippen molar-refractivity contribution in [1.29, 1.82) is 5.26 Å². The molecule has 0 bridgehead atoms. The lowest BCUT2D eigenvalue weighted by Gasteiger charge is -2.37. The van der Waals surface area contributed by atoms with Gasteiger partial charge in [0.2, 0.25) is 5.91 Å². The van der Waals surface area contributed by atoms with E-state index in [9.17, 15) is 19.6 Å². The van der Waals surface area contributed by atoms with Crippen LogP contribution in [0.1, 0.15) is 34.8 Å². The van der Waals surface area contributed by atoms with Crippen LogP contribution in [0, 0.1) is 17.2 Å². The highest BCUT2D eigenvalue weighted by Crippen LogP contribution is 2.34. The van der Waals surface area contributed by atoms with Crippen LogP contribution in [0.25, 0.3) is 0 Å². The van der Waals surface area contributed by atoms with Crippen LogP contribution >= 0.6 is 0 Å². The van der Waals surface area contributed by atoms with Gasteiger partial charge in [-0.2, -0.15) is 5.26 Å². The molecule has 0 unspecified atom stereocenters. The Balaban J connectivity index is 1.79. The summed E-state index contributed by atoms with van der Waals surface area (Å²) in [7, 11) is 0. The zero-order chi connectivity index (χ0) is 20.1. The summed E-state index contributed by atoms with van der Waals surface area (Å²) in [6.45, 7) is 0.309. The summed E-state index contributed by atoms with van der Waals surface area (Å²) >= 11 is 0. The van der Waals surface area contributed by atoms with E-state index in [2.05, 4.69) is 16.4 Å². The Morgan fingerprint density at radius 3 is 2.64 bits per heavy atom. The van der Waals surface area contributed by atoms with Crippen LogP contribution in [0.5, 0.6) is 0 Å². The molecule has 2 aromatic rings. The molecule has 0 radical (unpaired) electrons. The molecule has 3 rings (SSSR count). The fourth-order valence-corrected chi connectivity index (χ4v) is 3.27. The highest BCUT2D eigenvalue weighted by molar-refractivity contribution is 6.39. The van der Waals surface area contributed by atoms with E-state index in [0.717, 1.165) is 5.56 Å². The highest BCUT2D eigenvalue weighted by Gasteiger charge is 2.35. The van der Waals surface area contributed by atoms with Crippen molar-refractivity contribution in [2.24, 2.45) is 11.7 Å². The molecule has 8 nitrogen and oxygen atoms in total. The molecule has 3 amide bonds. The van der Waals surface area contributed by atoms with E-state index in [-0.39, 0.29) is 23.2 Å². The van der Waals surface area contributed by atoms with Crippen molar-refractivity contribution in [3.05, 3.63) is 59.9 Å². The second-order valence-electron chi connectivity index (χ2n) is 6.56. The van der Waals surface area contributed by atoms with Gasteiger partial charge in [-0.15, -0.1) is 0 Å². The number of likely N-dealkylation sites (tertiary alicyclic amines) is 1. The van der Waals surface area contributed by atoms with Gasteiger partial charge in [0, 0.05) is 12.7 Å². The summed E-state index contributed by atoms with van der Waals surface area (Å²) in [5.41, 5.74) is 6.42. The Bertz CT molecular complexity index is 938. The molecule has 8 heteroatoms. The molecule has 1 aliphatic heterocycles. The van der Waals surface area contributed by atoms with Gasteiger partial charge in [-0.3, -0.25) is 19.4 Å². The molecule has 1 aromatic carbocycles. The number of amides is 3. The van der Waals surface area contributed by atoms with Crippen LogP contribution in [0.3, 0.4) is 0 Å². The van der Waals surface area contributed by atoms with Crippen molar-refractivity contribution < 1.29 is 14.4 Å². The standard InChI is InChI=1S/C20H19N5O3/c21-10-13-6-7-25(17(8-13)14-4-2-1-3-5-14)20(28)19(27)24-16-9-15(18(22)26)11-23-12-16/h1-5,9,11-13,17H,6-8H2,(H2,22,26)(H,24,27)/t13-,17+/m0/s1. The molecule has 0 saturated carbocycles. The monoisotopic (exact) mass is 377 g/mol. The van der Waals surface area contributed by atoms with Crippen molar-refractivity contribution in [3.8, 4) is 6.07 Å². The number of primary amides is 1. The van der Waals surface area contributed by atoms with E-state index in [1.54, 1.807) is 0 Å². The number of hydrogen-bond donors (Lipinski definition) is 2. The minimum atomic E-state index is -0.834. The molecule has 1 aromatic heterocycles. The lowest BCUT2D eigenvalue weighted by molar-refractivity contribution is -0.146. The fourth-order valence-electron chi connectivity index (χ4n) is 3.27. The van der Waals surface area contributed by atoms with E-state index in [4.69, 9.17) is 5.73 Å². The van der Waals surface area contributed by atoms with Crippen molar-refractivity contribution in [2.75, 3.05) is 11.9 Å². The summed E-state index contributed by atoms with van der Waals surface area (Å²) in [5.74, 6) is -2.39. The molecule has 1 aliphatic rings. The average Bonchev–Trinajstić information content (AvgIpc) is 2.73. The molecule has 1 saturated heterocycles. The van der Waals surface area contributed by atoms with Crippen LogP contribution in [0.15, 0.2) is 48.8 Å². The van der Waals surface area contributed by atoms with E-state index in [1.165, 1.54) is 23.4 Å². The lowest BCUT2D eigenvalue weighted by Crippen LogP contribution is -2.46. The number of nitrogens with two attached hydrogens (primary N) is 1. The molecule has 2 heterocycles. The second kappa shape index (κ2) is 8.31.